The zero-order valence-electron chi connectivity index (χ0n) is 14.2. The first-order chi connectivity index (χ1) is 12.6. The molecule has 11 heteroatoms. The van der Waals surface area contributed by atoms with E-state index in [2.05, 4.69) is 5.32 Å². The Labute approximate surface area is 196 Å². The molecule has 148 valence electrons. The third-order valence-corrected chi connectivity index (χ3v) is 7.07. The smallest absolute Gasteiger partial charge is 0.337 e. The first-order valence-electron chi connectivity index (χ1n) is 7.77. The van der Waals surface area contributed by atoms with Gasteiger partial charge in [0, 0.05) is 9.49 Å². The monoisotopic (exact) mass is 715 g/mol. The van der Waals surface area contributed by atoms with Crippen LogP contribution >= 0.6 is 67.8 Å². The predicted octanol–water partition coefficient (Wildman–Crippen LogP) is 3.48. The Balaban J connectivity index is 2.34. The summed E-state index contributed by atoms with van der Waals surface area (Å²) in [4.78, 5) is 35.8. The third-order valence-electron chi connectivity index (χ3n) is 3.83. The summed E-state index contributed by atoms with van der Waals surface area (Å²) in [6.07, 6.45) is -0.371. The SMILES string of the molecule is CC(C)C1OCC(C(=O)Nc2c(I)c(C(=O)O)c(I)c(C(=O)O)c2I)CO1. The van der Waals surface area contributed by atoms with Crippen molar-refractivity contribution >= 4 is 91.3 Å². The largest absolute Gasteiger partial charge is 0.478 e. The van der Waals surface area contributed by atoms with Crippen LogP contribution in [0.3, 0.4) is 0 Å². The standard InChI is InChI=1S/C16H16I3NO7/c1-5(2)16-26-3-6(4-27-16)13(21)20-12-10(18)7(14(22)23)9(17)8(11(12)19)15(24)25/h5-6,16H,3-4H2,1-2H3,(H,20,21)(H,22,23)(H,24,25). The maximum absolute atomic E-state index is 12.6. The summed E-state index contributed by atoms with van der Waals surface area (Å²) >= 11 is 5.31. The fraction of sp³-hybridized carbons (Fsp3) is 0.438. The van der Waals surface area contributed by atoms with Crippen LogP contribution in [0, 0.1) is 22.5 Å². The van der Waals surface area contributed by atoms with Crippen LogP contribution in [-0.2, 0) is 14.3 Å². The van der Waals surface area contributed by atoms with Crippen LogP contribution in [0.2, 0.25) is 0 Å². The van der Waals surface area contributed by atoms with Crippen molar-refractivity contribution in [1.82, 2.24) is 0 Å². The van der Waals surface area contributed by atoms with Gasteiger partial charge in [-0.1, -0.05) is 13.8 Å². The van der Waals surface area contributed by atoms with Crippen molar-refractivity contribution in [3.8, 4) is 0 Å². The number of ether oxygens (including phenoxy) is 2. The Morgan fingerprint density at radius 1 is 0.963 bits per heavy atom. The van der Waals surface area contributed by atoms with E-state index in [1.807, 2.05) is 13.8 Å². The second-order valence-corrected chi connectivity index (χ2v) is 9.38. The molecule has 1 fully saturated rings. The Morgan fingerprint density at radius 2 is 1.41 bits per heavy atom. The van der Waals surface area contributed by atoms with Gasteiger partial charge in [0.1, 0.15) is 0 Å². The number of nitrogens with one attached hydrogen (secondary N) is 1. The molecule has 27 heavy (non-hydrogen) atoms. The van der Waals surface area contributed by atoms with Crippen molar-refractivity contribution in [3.05, 3.63) is 21.8 Å². The molecule has 1 aromatic carbocycles. The van der Waals surface area contributed by atoms with Crippen molar-refractivity contribution in [1.29, 1.82) is 0 Å². The summed E-state index contributed by atoms with van der Waals surface area (Å²) in [7, 11) is 0. The number of aromatic carboxylic acids is 2. The minimum atomic E-state index is -1.26. The van der Waals surface area contributed by atoms with Gasteiger partial charge in [-0.25, -0.2) is 9.59 Å². The quantitative estimate of drug-likeness (QED) is 0.400. The second kappa shape index (κ2) is 9.49. The summed E-state index contributed by atoms with van der Waals surface area (Å²) in [5.41, 5.74) is -0.136. The minimum absolute atomic E-state index is 0.114. The lowest BCUT2D eigenvalue weighted by atomic mass is 10.1. The lowest BCUT2D eigenvalue weighted by molar-refractivity contribution is -0.217. The molecule has 0 aliphatic carbocycles. The van der Waals surface area contributed by atoms with E-state index >= 15 is 0 Å². The highest BCUT2D eigenvalue weighted by Gasteiger charge is 2.32. The zero-order valence-corrected chi connectivity index (χ0v) is 20.7. The summed E-state index contributed by atoms with van der Waals surface area (Å²) in [5, 5.41) is 21.6. The molecule has 1 saturated heterocycles. The van der Waals surface area contributed by atoms with Gasteiger partial charge in [-0.3, -0.25) is 4.79 Å². The summed E-state index contributed by atoms with van der Waals surface area (Å²) in [5.74, 6) is -3.36. The first kappa shape index (κ1) is 23.0. The van der Waals surface area contributed by atoms with Gasteiger partial charge in [-0.05, 0) is 67.8 Å². The summed E-state index contributed by atoms with van der Waals surface area (Å²) in [6.45, 7) is 4.23. The third kappa shape index (κ3) is 5.02. The number of hydrogen-bond acceptors (Lipinski definition) is 5. The molecule has 1 aromatic rings. The number of carboxylic acids is 2. The molecule has 1 amide bonds. The Bertz CT molecular complexity index is 748. The van der Waals surface area contributed by atoms with E-state index in [9.17, 15) is 24.6 Å². The van der Waals surface area contributed by atoms with E-state index in [0.29, 0.717) is 0 Å². The molecule has 2 rings (SSSR count). The van der Waals surface area contributed by atoms with Gasteiger partial charge in [0.25, 0.3) is 0 Å². The number of carboxylic acid groups (broad SMARTS) is 2. The molecule has 0 spiro atoms. The number of halogens is 3. The summed E-state index contributed by atoms with van der Waals surface area (Å²) in [6, 6.07) is 0. The number of benzene rings is 1. The van der Waals surface area contributed by atoms with E-state index in [-0.39, 0.29) is 52.9 Å². The molecule has 1 aliphatic rings. The van der Waals surface area contributed by atoms with Crippen LogP contribution in [0.25, 0.3) is 0 Å². The second-order valence-electron chi connectivity index (χ2n) is 6.14. The minimum Gasteiger partial charge on any atom is -0.478 e. The normalized spacial score (nSPS) is 19.8. The highest BCUT2D eigenvalue weighted by Crippen LogP contribution is 2.36. The molecule has 0 aromatic heterocycles. The first-order valence-corrected chi connectivity index (χ1v) is 11.0. The lowest BCUT2D eigenvalue weighted by Gasteiger charge is -2.31. The number of rotatable bonds is 5. The van der Waals surface area contributed by atoms with E-state index in [0.717, 1.165) is 0 Å². The lowest BCUT2D eigenvalue weighted by Crippen LogP contribution is -2.41. The number of amides is 1. The molecular formula is C16H16I3NO7. The van der Waals surface area contributed by atoms with E-state index in [4.69, 9.17) is 9.47 Å². The van der Waals surface area contributed by atoms with Crippen molar-refractivity contribution in [3.63, 3.8) is 0 Å². The van der Waals surface area contributed by atoms with Crippen LogP contribution in [0.5, 0.6) is 0 Å². The Hall–Kier alpha value is -0.260. The van der Waals surface area contributed by atoms with Crippen molar-refractivity contribution in [2.75, 3.05) is 18.5 Å². The van der Waals surface area contributed by atoms with Gasteiger partial charge in [-0.15, -0.1) is 0 Å². The number of hydrogen-bond donors (Lipinski definition) is 3. The Kier molecular flexibility index (Phi) is 8.09. The highest BCUT2D eigenvalue weighted by molar-refractivity contribution is 14.1. The summed E-state index contributed by atoms with van der Waals surface area (Å²) < 4.78 is 11.7. The highest BCUT2D eigenvalue weighted by atomic mass is 127. The van der Waals surface area contributed by atoms with Gasteiger partial charge in [0.15, 0.2) is 6.29 Å². The van der Waals surface area contributed by atoms with Crippen molar-refractivity contribution in [2.24, 2.45) is 11.8 Å². The fourth-order valence-corrected chi connectivity index (χ4v) is 6.79. The molecule has 0 bridgehead atoms. The van der Waals surface area contributed by atoms with Crippen molar-refractivity contribution < 1.29 is 34.1 Å². The van der Waals surface area contributed by atoms with Gasteiger partial charge < -0.3 is 25.0 Å². The number of carbonyl (C=O) groups is 3. The average molecular weight is 715 g/mol. The molecular weight excluding hydrogens is 699 g/mol. The molecule has 8 nitrogen and oxygen atoms in total. The topological polar surface area (TPSA) is 122 Å². The molecule has 0 atom stereocenters. The van der Waals surface area contributed by atoms with Gasteiger partial charge >= 0.3 is 11.9 Å². The fourth-order valence-electron chi connectivity index (χ4n) is 2.43. The zero-order chi connectivity index (χ0) is 20.5. The molecule has 0 unspecified atom stereocenters. The van der Waals surface area contributed by atoms with E-state index in [1.54, 1.807) is 67.8 Å². The van der Waals surface area contributed by atoms with Gasteiger partial charge in [0.05, 0.1) is 43.1 Å². The maximum Gasteiger partial charge on any atom is 0.337 e. The average Bonchev–Trinajstić information content (AvgIpc) is 2.57. The molecule has 3 N–H and O–H groups in total. The van der Waals surface area contributed by atoms with Crippen LogP contribution in [-0.4, -0.2) is 47.6 Å². The molecule has 1 heterocycles. The van der Waals surface area contributed by atoms with E-state index in [1.165, 1.54) is 0 Å². The van der Waals surface area contributed by atoms with Crippen LogP contribution in [0.1, 0.15) is 34.6 Å². The van der Waals surface area contributed by atoms with Gasteiger partial charge in [0.2, 0.25) is 5.91 Å². The van der Waals surface area contributed by atoms with Crippen LogP contribution < -0.4 is 5.32 Å². The maximum atomic E-state index is 12.6. The van der Waals surface area contributed by atoms with Gasteiger partial charge in [-0.2, -0.15) is 0 Å². The predicted molar refractivity (Wildman–Crippen MR) is 121 cm³/mol. The Morgan fingerprint density at radius 3 is 1.78 bits per heavy atom. The van der Waals surface area contributed by atoms with Crippen LogP contribution in [0.15, 0.2) is 0 Å². The molecule has 0 saturated carbocycles. The van der Waals surface area contributed by atoms with Crippen molar-refractivity contribution in [2.45, 2.75) is 20.1 Å². The number of carbonyl (C=O) groups excluding carboxylic acids is 1. The van der Waals surface area contributed by atoms with Crippen LogP contribution in [0.4, 0.5) is 5.69 Å². The molecule has 0 radical (unpaired) electrons. The number of anilines is 1. The molecule has 1 aliphatic heterocycles. The van der Waals surface area contributed by atoms with E-state index < -0.39 is 23.8 Å².